The van der Waals surface area contributed by atoms with Crippen molar-refractivity contribution >= 4 is 21.8 Å². The Morgan fingerprint density at radius 2 is 1.19 bits per heavy atom. The molecule has 1 heterocycles. The summed E-state index contributed by atoms with van der Waals surface area (Å²) in [5.74, 6) is 2.93. The summed E-state index contributed by atoms with van der Waals surface area (Å²) in [7, 11) is 0. The van der Waals surface area contributed by atoms with E-state index in [1.54, 1.807) is 5.56 Å². The van der Waals surface area contributed by atoms with Gasteiger partial charge < -0.3 is 4.57 Å². The van der Waals surface area contributed by atoms with Crippen molar-refractivity contribution in [2.75, 3.05) is 0 Å². The predicted octanol–water partition coefficient (Wildman–Crippen LogP) is 10.9. The fraction of sp³-hybridized carbons (Fsp3) is 0.268. The molecular formula is C41H37N. The van der Waals surface area contributed by atoms with Crippen LogP contribution in [0.4, 0.5) is 0 Å². The average Bonchev–Trinajstić information content (AvgIpc) is 3.36. The third-order valence-corrected chi connectivity index (χ3v) is 11.1. The summed E-state index contributed by atoms with van der Waals surface area (Å²) in [6.45, 7) is 2.28. The van der Waals surface area contributed by atoms with Crippen molar-refractivity contribution in [3.05, 3.63) is 126 Å². The minimum atomic E-state index is 0.448. The first-order valence-electron chi connectivity index (χ1n) is 15.9. The van der Waals surface area contributed by atoms with E-state index in [0.717, 1.165) is 17.8 Å². The van der Waals surface area contributed by atoms with Gasteiger partial charge in [-0.1, -0.05) is 91.0 Å². The summed E-state index contributed by atoms with van der Waals surface area (Å²) in [5, 5.41) is 2.67. The Morgan fingerprint density at radius 3 is 1.93 bits per heavy atom. The smallest absolute Gasteiger partial charge is 0.0549 e. The average molecular weight is 544 g/mol. The van der Waals surface area contributed by atoms with Gasteiger partial charge >= 0.3 is 0 Å². The molecule has 0 atom stereocenters. The Morgan fingerprint density at radius 1 is 0.548 bits per heavy atom. The first-order valence-corrected chi connectivity index (χ1v) is 15.9. The van der Waals surface area contributed by atoms with Crippen LogP contribution in [0.5, 0.6) is 0 Å². The second-order valence-corrected chi connectivity index (χ2v) is 13.7. The summed E-state index contributed by atoms with van der Waals surface area (Å²) in [6.07, 6.45) is 8.76. The SMILES string of the molecule is Cc1cc(-c2ccc(C34CC5CC(CC(C5)C3)C4)cc2)cc2c1c1ccccc1n2-c1cccc(-c2ccccc2)c1. The first-order chi connectivity index (χ1) is 20.6. The van der Waals surface area contributed by atoms with Gasteiger partial charge in [-0.05, 0) is 126 Å². The zero-order valence-electron chi connectivity index (χ0n) is 24.4. The first kappa shape index (κ1) is 24.5. The molecule has 0 aliphatic heterocycles. The van der Waals surface area contributed by atoms with Crippen LogP contribution in [0.15, 0.2) is 115 Å². The molecular weight excluding hydrogens is 506 g/mol. The molecule has 206 valence electrons. The molecule has 0 amide bonds. The number of rotatable bonds is 4. The van der Waals surface area contributed by atoms with E-state index in [2.05, 4.69) is 127 Å². The molecule has 6 aromatic rings. The molecule has 42 heavy (non-hydrogen) atoms. The third-order valence-electron chi connectivity index (χ3n) is 11.1. The van der Waals surface area contributed by atoms with E-state index in [4.69, 9.17) is 0 Å². The summed E-state index contributed by atoms with van der Waals surface area (Å²) < 4.78 is 2.47. The highest BCUT2D eigenvalue weighted by molar-refractivity contribution is 6.12. The van der Waals surface area contributed by atoms with Gasteiger partial charge in [-0.2, -0.15) is 0 Å². The maximum atomic E-state index is 2.49. The molecule has 0 spiro atoms. The van der Waals surface area contributed by atoms with Crippen molar-refractivity contribution in [3.8, 4) is 27.9 Å². The van der Waals surface area contributed by atoms with Crippen LogP contribution in [0, 0.1) is 24.7 Å². The highest BCUT2D eigenvalue weighted by Gasteiger charge is 2.51. The maximum absolute atomic E-state index is 2.49. The fourth-order valence-corrected chi connectivity index (χ4v) is 9.69. The van der Waals surface area contributed by atoms with Gasteiger partial charge in [0.05, 0.1) is 11.0 Å². The van der Waals surface area contributed by atoms with Crippen LogP contribution < -0.4 is 0 Å². The summed E-state index contributed by atoms with van der Waals surface area (Å²) in [5.41, 5.74) is 12.3. The number of benzene rings is 5. The molecule has 4 bridgehead atoms. The lowest BCUT2D eigenvalue weighted by atomic mass is 9.48. The summed E-state index contributed by atoms with van der Waals surface area (Å²) in [4.78, 5) is 0. The fourth-order valence-electron chi connectivity index (χ4n) is 9.69. The van der Waals surface area contributed by atoms with Gasteiger partial charge in [0.2, 0.25) is 0 Å². The molecule has 0 saturated heterocycles. The van der Waals surface area contributed by atoms with Crippen LogP contribution in [0.1, 0.15) is 49.7 Å². The molecule has 4 aliphatic rings. The van der Waals surface area contributed by atoms with E-state index in [0.29, 0.717) is 5.41 Å². The summed E-state index contributed by atoms with van der Waals surface area (Å²) >= 11 is 0. The molecule has 0 radical (unpaired) electrons. The molecule has 1 nitrogen and oxygen atoms in total. The van der Waals surface area contributed by atoms with Gasteiger partial charge in [-0.15, -0.1) is 0 Å². The lowest BCUT2D eigenvalue weighted by Crippen LogP contribution is -2.48. The Balaban J connectivity index is 1.17. The number of aromatic nitrogens is 1. The molecule has 1 aromatic heterocycles. The minimum absolute atomic E-state index is 0.448. The standard InChI is InChI=1S/C41H37N/c1-27-18-34(32-14-16-35(17-15-32)41-24-28-19-29(25-41)21-30(20-28)26-41)23-39-40(27)37-12-5-6-13-38(37)42(39)36-11-7-10-33(22-36)31-8-3-2-4-9-31/h2-18,22-23,28-30H,19-21,24-26H2,1H3. The number of nitrogens with zero attached hydrogens (tertiary/aromatic N) is 1. The number of aryl methyl sites for hydroxylation is 1. The molecule has 0 unspecified atom stereocenters. The maximum Gasteiger partial charge on any atom is 0.0549 e. The second-order valence-electron chi connectivity index (χ2n) is 13.7. The highest BCUT2D eigenvalue weighted by Crippen LogP contribution is 2.60. The Bertz CT molecular complexity index is 1920. The molecule has 4 fully saturated rings. The quantitative estimate of drug-likeness (QED) is 0.208. The van der Waals surface area contributed by atoms with E-state index in [9.17, 15) is 0 Å². The Hall–Kier alpha value is -4.10. The molecule has 0 N–H and O–H groups in total. The van der Waals surface area contributed by atoms with Gasteiger partial charge in [0.25, 0.3) is 0 Å². The van der Waals surface area contributed by atoms with E-state index in [-0.39, 0.29) is 0 Å². The van der Waals surface area contributed by atoms with Crippen LogP contribution in [0.2, 0.25) is 0 Å². The molecule has 5 aromatic carbocycles. The Kier molecular flexibility index (Phi) is 5.37. The number of fused-ring (bicyclic) bond motifs is 3. The number of hydrogen-bond acceptors (Lipinski definition) is 0. The largest absolute Gasteiger partial charge is 0.309 e. The van der Waals surface area contributed by atoms with Gasteiger partial charge in [0, 0.05) is 16.5 Å². The lowest BCUT2D eigenvalue weighted by Gasteiger charge is -2.57. The Labute approximate surface area is 248 Å². The van der Waals surface area contributed by atoms with Crippen LogP contribution in [-0.4, -0.2) is 4.57 Å². The number of hydrogen-bond donors (Lipinski definition) is 0. The predicted molar refractivity (Wildman–Crippen MR) is 176 cm³/mol. The van der Waals surface area contributed by atoms with Crippen molar-refractivity contribution in [2.24, 2.45) is 17.8 Å². The zero-order valence-corrected chi connectivity index (χ0v) is 24.4. The van der Waals surface area contributed by atoms with Crippen molar-refractivity contribution in [2.45, 2.75) is 50.9 Å². The van der Waals surface area contributed by atoms with E-state index >= 15 is 0 Å². The lowest BCUT2D eigenvalue weighted by molar-refractivity contribution is -0.00518. The topological polar surface area (TPSA) is 4.93 Å². The summed E-state index contributed by atoms with van der Waals surface area (Å²) in [6, 6.07) is 43.2. The monoisotopic (exact) mass is 543 g/mol. The van der Waals surface area contributed by atoms with Gasteiger partial charge in [0.15, 0.2) is 0 Å². The van der Waals surface area contributed by atoms with Crippen LogP contribution in [0.25, 0.3) is 49.7 Å². The molecule has 4 saturated carbocycles. The third kappa shape index (κ3) is 3.76. The van der Waals surface area contributed by atoms with Crippen molar-refractivity contribution in [3.63, 3.8) is 0 Å². The van der Waals surface area contributed by atoms with E-state index < -0.39 is 0 Å². The van der Waals surface area contributed by atoms with Crippen molar-refractivity contribution in [1.82, 2.24) is 4.57 Å². The minimum Gasteiger partial charge on any atom is -0.309 e. The normalized spacial score (nSPS) is 24.5. The molecule has 4 aliphatic carbocycles. The van der Waals surface area contributed by atoms with Crippen LogP contribution in [-0.2, 0) is 5.41 Å². The van der Waals surface area contributed by atoms with Gasteiger partial charge in [-0.3, -0.25) is 0 Å². The zero-order chi connectivity index (χ0) is 27.8. The highest BCUT2D eigenvalue weighted by atomic mass is 15.0. The second kappa shape index (κ2) is 9.20. The van der Waals surface area contributed by atoms with Crippen molar-refractivity contribution in [1.29, 1.82) is 0 Å². The van der Waals surface area contributed by atoms with Gasteiger partial charge in [0.1, 0.15) is 0 Å². The van der Waals surface area contributed by atoms with E-state index in [1.807, 2.05) is 0 Å². The van der Waals surface area contributed by atoms with Gasteiger partial charge in [-0.25, -0.2) is 0 Å². The van der Waals surface area contributed by atoms with E-state index in [1.165, 1.54) is 93.8 Å². The van der Waals surface area contributed by atoms with Crippen LogP contribution >= 0.6 is 0 Å². The number of para-hydroxylation sites is 1. The molecule has 1 heteroatoms. The van der Waals surface area contributed by atoms with Crippen LogP contribution in [0.3, 0.4) is 0 Å². The van der Waals surface area contributed by atoms with Crippen molar-refractivity contribution < 1.29 is 0 Å². The molecule has 10 rings (SSSR count).